The molecule has 2 atom stereocenters. The highest BCUT2D eigenvalue weighted by atomic mass is 16.5. The molecule has 3 heterocycles. The van der Waals surface area contributed by atoms with E-state index in [1.807, 2.05) is 72.5 Å². The van der Waals surface area contributed by atoms with Gasteiger partial charge < -0.3 is 25.0 Å². The van der Waals surface area contributed by atoms with Crippen LogP contribution in [0.1, 0.15) is 63.3 Å². The van der Waals surface area contributed by atoms with Gasteiger partial charge >= 0.3 is 12.1 Å². The van der Waals surface area contributed by atoms with Crippen molar-refractivity contribution in [2.45, 2.75) is 77.3 Å². The number of carbonyl (C=O) groups is 2. The number of fused-ring (bicyclic) bond motifs is 2. The molecule has 2 aliphatic rings. The minimum Gasteiger partial charge on any atom is -0.497 e. The number of urea groups is 2. The second-order valence-electron chi connectivity index (χ2n) is 14.0. The van der Waals surface area contributed by atoms with Gasteiger partial charge in [-0.25, -0.2) is 14.3 Å². The average molecular weight is 651 g/mol. The Balaban J connectivity index is 1.08. The van der Waals surface area contributed by atoms with Crippen LogP contribution in [0.5, 0.6) is 11.5 Å². The number of benzene rings is 3. The van der Waals surface area contributed by atoms with Gasteiger partial charge in [-0.3, -0.25) is 5.32 Å². The van der Waals surface area contributed by atoms with Gasteiger partial charge in [0, 0.05) is 35.3 Å². The number of anilines is 3. The van der Waals surface area contributed by atoms with Gasteiger partial charge in [-0.1, -0.05) is 50.6 Å². The lowest BCUT2D eigenvalue weighted by molar-refractivity contribution is 0.131. The van der Waals surface area contributed by atoms with Crippen LogP contribution >= 0.6 is 0 Å². The maximum atomic E-state index is 13.4. The first-order chi connectivity index (χ1) is 23.0. The van der Waals surface area contributed by atoms with Gasteiger partial charge in [-0.2, -0.15) is 5.10 Å². The Labute approximate surface area is 282 Å². The van der Waals surface area contributed by atoms with Crippen LogP contribution in [-0.2, 0) is 11.8 Å². The number of hydrogen-bond acceptors (Lipinski definition) is 5. The summed E-state index contributed by atoms with van der Waals surface area (Å²) in [4.78, 5) is 28.7. The highest BCUT2D eigenvalue weighted by molar-refractivity contribution is 5.99. The quantitative estimate of drug-likeness (QED) is 0.178. The largest absolute Gasteiger partial charge is 0.497 e. The van der Waals surface area contributed by atoms with Crippen molar-refractivity contribution in [1.82, 2.24) is 14.7 Å². The molecule has 2 bridgehead atoms. The number of nitrogens with zero attached hydrogens (tertiary/aromatic N) is 3. The van der Waals surface area contributed by atoms with E-state index in [4.69, 9.17) is 14.6 Å². The number of piperidine rings is 1. The number of methoxy groups -OCH3 is 2. The van der Waals surface area contributed by atoms with E-state index in [9.17, 15) is 9.59 Å². The number of nitrogens with one attached hydrogen (secondary N) is 3. The first-order valence-corrected chi connectivity index (χ1v) is 16.7. The summed E-state index contributed by atoms with van der Waals surface area (Å²) in [6, 6.07) is 23.4. The number of rotatable bonds is 8. The molecule has 1 aromatic heterocycles. The highest BCUT2D eigenvalue weighted by Crippen LogP contribution is 2.41. The van der Waals surface area contributed by atoms with E-state index < -0.39 is 0 Å². The third-order valence-electron chi connectivity index (χ3n) is 9.42. The molecule has 2 fully saturated rings. The van der Waals surface area contributed by atoms with E-state index in [0.29, 0.717) is 28.9 Å². The molecule has 4 amide bonds. The summed E-state index contributed by atoms with van der Waals surface area (Å²) >= 11 is 0. The van der Waals surface area contributed by atoms with Crippen molar-refractivity contribution in [3.63, 3.8) is 0 Å². The van der Waals surface area contributed by atoms with E-state index in [0.717, 1.165) is 60.3 Å². The van der Waals surface area contributed by atoms with Gasteiger partial charge in [0.2, 0.25) is 0 Å². The molecule has 10 nitrogen and oxygen atoms in total. The lowest BCUT2D eigenvalue weighted by atomic mass is 9.86. The molecule has 3 N–H and O–H groups in total. The Morgan fingerprint density at radius 1 is 0.875 bits per heavy atom. The molecule has 252 valence electrons. The smallest absolute Gasteiger partial charge is 0.324 e. The molecule has 2 saturated heterocycles. The maximum absolute atomic E-state index is 13.4. The third kappa shape index (κ3) is 7.27. The maximum Gasteiger partial charge on any atom is 0.324 e. The van der Waals surface area contributed by atoms with Crippen LogP contribution in [0.4, 0.5) is 26.8 Å². The summed E-state index contributed by atoms with van der Waals surface area (Å²) in [7, 11) is 3.19. The van der Waals surface area contributed by atoms with Crippen molar-refractivity contribution in [2.75, 3.05) is 30.2 Å². The number of carbonyl (C=O) groups excluding carboxylic acids is 2. The summed E-state index contributed by atoms with van der Waals surface area (Å²) in [6.07, 6.45) is 4.79. The van der Waals surface area contributed by atoms with Crippen LogP contribution in [-0.4, -0.2) is 53.0 Å². The first kappa shape index (κ1) is 32.9. The Hall–Kier alpha value is -4.99. The lowest BCUT2D eigenvalue weighted by Crippen LogP contribution is -2.48. The van der Waals surface area contributed by atoms with Gasteiger partial charge in [0.1, 0.15) is 17.3 Å². The summed E-state index contributed by atoms with van der Waals surface area (Å²) in [5, 5.41) is 13.9. The highest BCUT2D eigenvalue weighted by Gasteiger charge is 2.43. The molecule has 10 heteroatoms. The van der Waals surface area contributed by atoms with Gasteiger partial charge in [0.25, 0.3) is 0 Å². The zero-order chi connectivity index (χ0) is 34.0. The first-order valence-electron chi connectivity index (χ1n) is 16.7. The molecular formula is C38H46N6O4. The predicted molar refractivity (Wildman–Crippen MR) is 190 cm³/mol. The fourth-order valence-corrected chi connectivity index (χ4v) is 6.98. The number of amides is 4. The minimum absolute atomic E-state index is 0.0834. The number of hydrogen-bond donors (Lipinski definition) is 3. The molecular weight excluding hydrogens is 604 g/mol. The van der Waals surface area contributed by atoms with Crippen molar-refractivity contribution in [2.24, 2.45) is 5.92 Å². The number of ether oxygens (including phenoxy) is 2. The van der Waals surface area contributed by atoms with Gasteiger partial charge in [-0.05, 0) is 86.9 Å². The van der Waals surface area contributed by atoms with Crippen LogP contribution in [0.3, 0.4) is 0 Å². The lowest BCUT2D eigenvalue weighted by Gasteiger charge is -2.39. The Kier molecular flexibility index (Phi) is 9.35. The summed E-state index contributed by atoms with van der Waals surface area (Å²) in [6.45, 7) is 8.36. The van der Waals surface area contributed by atoms with Crippen LogP contribution in [0.15, 0.2) is 72.8 Å². The standard InChI is InChI=1S/C38H46N6O4/c1-24-10-12-28(13-11-24)44-35(23-34(42-44)38(2,3)4)41-36(45)39-27-9-7-8-25(19-27)18-26-20-29-14-15-30(21-26)43(29)37(46)40-32-17-16-31(47-5)22-33(32)48-6/h7-13,16-17,19,22-23,26,29-30H,14-15,18,20-21H2,1-6H3,(H,40,46)(H2,39,41,45). The SMILES string of the molecule is COc1ccc(NC(=O)N2C3CCC2CC(Cc2cccc(NC(=O)Nc4cc(C(C)(C)C)nn4-c4ccc(C)cc4)c2)C3)c(OC)c1. The van der Waals surface area contributed by atoms with Crippen molar-refractivity contribution in [1.29, 1.82) is 0 Å². The molecule has 6 rings (SSSR count). The zero-order valence-corrected chi connectivity index (χ0v) is 28.7. The Bertz CT molecular complexity index is 1760. The van der Waals surface area contributed by atoms with Crippen LogP contribution < -0.4 is 25.4 Å². The van der Waals surface area contributed by atoms with Gasteiger partial charge in [-0.15, -0.1) is 0 Å². The monoisotopic (exact) mass is 650 g/mol. The van der Waals surface area contributed by atoms with Crippen molar-refractivity contribution in [3.8, 4) is 17.2 Å². The molecule has 0 aliphatic carbocycles. The fourth-order valence-electron chi connectivity index (χ4n) is 6.98. The molecule has 0 spiro atoms. The third-order valence-corrected chi connectivity index (χ3v) is 9.42. The topological polar surface area (TPSA) is 110 Å². The molecule has 4 aromatic rings. The Morgan fingerprint density at radius 2 is 1.60 bits per heavy atom. The zero-order valence-electron chi connectivity index (χ0n) is 28.7. The van der Waals surface area contributed by atoms with Crippen LogP contribution in [0, 0.1) is 12.8 Å². The second-order valence-corrected chi connectivity index (χ2v) is 14.0. The molecule has 0 saturated carbocycles. The summed E-state index contributed by atoms with van der Waals surface area (Å²) < 4.78 is 12.6. The van der Waals surface area contributed by atoms with E-state index >= 15 is 0 Å². The number of aryl methyl sites for hydroxylation is 1. The summed E-state index contributed by atoms with van der Waals surface area (Å²) in [5.41, 5.74) is 5.27. The molecule has 0 radical (unpaired) electrons. The molecule has 2 unspecified atom stereocenters. The van der Waals surface area contributed by atoms with E-state index in [2.05, 4.69) is 42.8 Å². The van der Waals surface area contributed by atoms with Crippen molar-refractivity contribution in [3.05, 3.63) is 89.6 Å². The van der Waals surface area contributed by atoms with Crippen molar-refractivity contribution >= 4 is 29.3 Å². The fraction of sp³-hybridized carbons (Fsp3) is 0.395. The molecule has 48 heavy (non-hydrogen) atoms. The van der Waals surface area contributed by atoms with Crippen molar-refractivity contribution < 1.29 is 19.1 Å². The number of aromatic nitrogens is 2. The van der Waals surface area contributed by atoms with Gasteiger partial charge in [0.15, 0.2) is 0 Å². The normalized spacial score (nSPS) is 18.7. The average Bonchev–Trinajstić information content (AvgIpc) is 3.60. The van der Waals surface area contributed by atoms with E-state index in [1.54, 1.807) is 25.0 Å². The van der Waals surface area contributed by atoms with Crippen LogP contribution in [0.25, 0.3) is 5.69 Å². The molecule has 2 aliphatic heterocycles. The van der Waals surface area contributed by atoms with E-state index in [-0.39, 0.29) is 29.6 Å². The Morgan fingerprint density at radius 3 is 2.27 bits per heavy atom. The predicted octanol–water partition coefficient (Wildman–Crippen LogP) is 8.16. The van der Waals surface area contributed by atoms with E-state index in [1.165, 1.54) is 0 Å². The van der Waals surface area contributed by atoms with Crippen LogP contribution in [0.2, 0.25) is 0 Å². The second kappa shape index (κ2) is 13.6. The minimum atomic E-state index is -0.327. The summed E-state index contributed by atoms with van der Waals surface area (Å²) in [5.74, 6) is 2.30. The molecule has 3 aromatic carbocycles. The van der Waals surface area contributed by atoms with Gasteiger partial charge in [0.05, 0.1) is 31.3 Å².